The Morgan fingerprint density at radius 2 is 1.50 bits per heavy atom. The average molecular weight is 564 g/mol. The molecule has 14 heteroatoms. The Labute approximate surface area is 225 Å². The van der Waals surface area contributed by atoms with Crippen LogP contribution in [0.1, 0.15) is 6.92 Å². The topological polar surface area (TPSA) is 229 Å². The smallest absolute Gasteiger partial charge is 0.239 e. The Balaban J connectivity index is 1.52. The number of rotatable bonds is 5. The van der Waals surface area contributed by atoms with E-state index in [0.29, 0.717) is 0 Å². The number of phenolic OH excluding ortho intramolecular Hbond substituents is 2. The Morgan fingerprint density at radius 1 is 0.825 bits per heavy atom. The number of aromatic hydroxyl groups is 2. The summed E-state index contributed by atoms with van der Waals surface area (Å²) in [6.45, 7) is 1.17. The Kier molecular flexibility index (Phi) is 7.60. The van der Waals surface area contributed by atoms with Gasteiger partial charge in [0.05, 0.1) is 12.7 Å². The van der Waals surface area contributed by atoms with E-state index in [4.69, 9.17) is 23.4 Å². The summed E-state index contributed by atoms with van der Waals surface area (Å²) in [6, 6.07) is 7.76. The highest BCUT2D eigenvalue weighted by atomic mass is 16.7. The molecule has 2 saturated heterocycles. The van der Waals surface area contributed by atoms with E-state index in [0.717, 1.165) is 12.1 Å². The quantitative estimate of drug-likeness (QED) is 0.184. The van der Waals surface area contributed by atoms with E-state index in [9.17, 15) is 45.6 Å². The molecule has 9 atom stereocenters. The molecule has 5 rings (SSSR count). The van der Waals surface area contributed by atoms with Gasteiger partial charge in [0.15, 0.2) is 5.76 Å². The third kappa shape index (κ3) is 5.07. The maximum absolute atomic E-state index is 13.5. The van der Waals surface area contributed by atoms with Crippen LogP contribution in [0, 0.1) is 0 Å². The fraction of sp³-hybridized carbons (Fsp3) is 0.423. The summed E-state index contributed by atoms with van der Waals surface area (Å²) >= 11 is 0. The zero-order chi connectivity index (χ0) is 28.9. The van der Waals surface area contributed by atoms with Crippen LogP contribution in [0.3, 0.4) is 0 Å². The van der Waals surface area contributed by atoms with Gasteiger partial charge in [0.2, 0.25) is 23.8 Å². The molecular formula is C26H28O14. The van der Waals surface area contributed by atoms with E-state index in [1.165, 1.54) is 31.2 Å². The second kappa shape index (κ2) is 10.8. The van der Waals surface area contributed by atoms with Gasteiger partial charge < -0.3 is 64.2 Å². The minimum Gasteiger partial charge on any atom is -0.508 e. The molecule has 1 aromatic heterocycles. The van der Waals surface area contributed by atoms with Gasteiger partial charge in [-0.3, -0.25) is 4.79 Å². The molecule has 40 heavy (non-hydrogen) atoms. The number of aliphatic hydroxyl groups is 6. The number of hydrogen-bond donors (Lipinski definition) is 8. The largest absolute Gasteiger partial charge is 0.508 e. The molecule has 0 saturated carbocycles. The summed E-state index contributed by atoms with van der Waals surface area (Å²) in [5, 5.41) is 80.1. The fourth-order valence-corrected chi connectivity index (χ4v) is 4.49. The summed E-state index contributed by atoms with van der Waals surface area (Å²) in [4.78, 5) is 13.5. The van der Waals surface area contributed by atoms with E-state index in [1.807, 2.05) is 0 Å². The van der Waals surface area contributed by atoms with E-state index in [2.05, 4.69) is 0 Å². The zero-order valence-electron chi connectivity index (χ0n) is 20.9. The van der Waals surface area contributed by atoms with Crippen molar-refractivity contribution >= 4 is 11.0 Å². The predicted octanol–water partition coefficient (Wildman–Crippen LogP) is -1.10. The highest BCUT2D eigenvalue weighted by molar-refractivity contribution is 5.88. The molecule has 0 spiro atoms. The van der Waals surface area contributed by atoms with Gasteiger partial charge in [0, 0.05) is 17.7 Å². The molecular weight excluding hydrogens is 536 g/mol. The second-order valence-corrected chi connectivity index (χ2v) is 9.62. The maximum Gasteiger partial charge on any atom is 0.239 e. The molecule has 0 amide bonds. The van der Waals surface area contributed by atoms with Crippen LogP contribution in [-0.4, -0.2) is 103 Å². The average Bonchev–Trinajstić information content (AvgIpc) is 2.92. The van der Waals surface area contributed by atoms with Crippen LogP contribution >= 0.6 is 0 Å². The predicted molar refractivity (Wildman–Crippen MR) is 133 cm³/mol. The van der Waals surface area contributed by atoms with Gasteiger partial charge in [-0.2, -0.15) is 0 Å². The maximum atomic E-state index is 13.5. The van der Waals surface area contributed by atoms with Crippen molar-refractivity contribution in [2.45, 2.75) is 62.2 Å². The normalized spacial score (nSPS) is 32.6. The van der Waals surface area contributed by atoms with Crippen molar-refractivity contribution in [3.05, 3.63) is 46.6 Å². The summed E-state index contributed by atoms with van der Waals surface area (Å²) in [5.41, 5.74) is -0.849. The first-order valence-electron chi connectivity index (χ1n) is 12.3. The summed E-state index contributed by atoms with van der Waals surface area (Å²) in [6.07, 6.45) is -13.0. The molecule has 0 aliphatic carbocycles. The molecule has 2 aromatic carbocycles. The molecule has 216 valence electrons. The Hall–Kier alpha value is -3.47. The van der Waals surface area contributed by atoms with E-state index >= 15 is 0 Å². The first-order valence-corrected chi connectivity index (χ1v) is 12.3. The van der Waals surface area contributed by atoms with Crippen molar-refractivity contribution in [2.75, 3.05) is 6.61 Å². The lowest BCUT2D eigenvalue weighted by atomic mass is 10.00. The number of phenols is 2. The molecule has 2 aliphatic heterocycles. The van der Waals surface area contributed by atoms with E-state index in [-0.39, 0.29) is 40.4 Å². The van der Waals surface area contributed by atoms with E-state index in [1.54, 1.807) is 0 Å². The summed E-state index contributed by atoms with van der Waals surface area (Å²) in [7, 11) is 0. The van der Waals surface area contributed by atoms with Crippen molar-refractivity contribution in [2.24, 2.45) is 0 Å². The molecule has 2 fully saturated rings. The van der Waals surface area contributed by atoms with Crippen molar-refractivity contribution in [1.82, 2.24) is 0 Å². The van der Waals surface area contributed by atoms with Gasteiger partial charge in [-0.1, -0.05) is 0 Å². The van der Waals surface area contributed by atoms with Crippen molar-refractivity contribution in [1.29, 1.82) is 0 Å². The molecule has 0 unspecified atom stereocenters. The molecule has 3 aromatic rings. The van der Waals surface area contributed by atoms with E-state index < -0.39 is 72.2 Å². The first kappa shape index (κ1) is 28.1. The van der Waals surface area contributed by atoms with Gasteiger partial charge in [-0.05, 0) is 31.2 Å². The second-order valence-electron chi connectivity index (χ2n) is 9.62. The van der Waals surface area contributed by atoms with Crippen LogP contribution in [0.4, 0.5) is 0 Å². The number of aliphatic hydroxyl groups excluding tert-OH is 6. The van der Waals surface area contributed by atoms with Crippen molar-refractivity contribution in [3.63, 3.8) is 0 Å². The van der Waals surface area contributed by atoms with Gasteiger partial charge >= 0.3 is 0 Å². The standard InChI is InChI=1S/C26H28O14/c1-9-17(30)20(33)22(35)26(37-9)40-24-19(32)16-13(28)6-11(27)7-15(16)39-23(24)10-2-4-12(5-3-10)38-25-21(34)18(31)14(29)8-36-25/h2-7,9,14,17-18,20-22,25-31,33-35H,8H2,1H3/t9-,14-,17-,18+,20+,21-,22+,25+,26-/m0/s1. The van der Waals surface area contributed by atoms with Gasteiger partial charge in [-0.25, -0.2) is 0 Å². The fourth-order valence-electron chi connectivity index (χ4n) is 4.49. The molecule has 14 nitrogen and oxygen atoms in total. The summed E-state index contributed by atoms with van der Waals surface area (Å²) in [5.74, 6) is -1.52. The number of benzene rings is 2. The van der Waals surface area contributed by atoms with Crippen molar-refractivity contribution in [3.8, 4) is 34.3 Å². The molecule has 0 radical (unpaired) electrons. The molecule has 0 bridgehead atoms. The lowest BCUT2D eigenvalue weighted by molar-refractivity contribution is -0.268. The van der Waals surface area contributed by atoms with Crippen LogP contribution in [0.25, 0.3) is 22.3 Å². The highest BCUT2D eigenvalue weighted by Gasteiger charge is 2.44. The lowest BCUT2D eigenvalue weighted by Crippen LogP contribution is -2.58. The summed E-state index contributed by atoms with van der Waals surface area (Å²) < 4.78 is 27.8. The third-order valence-electron chi connectivity index (χ3n) is 6.78. The monoisotopic (exact) mass is 564 g/mol. The molecule has 2 aliphatic rings. The molecule has 3 heterocycles. The number of ether oxygens (including phenoxy) is 4. The minimum atomic E-state index is -1.76. The van der Waals surface area contributed by atoms with Crippen molar-refractivity contribution < 1.29 is 64.2 Å². The molecule has 8 N–H and O–H groups in total. The minimum absolute atomic E-state index is 0.175. The number of fused-ring (bicyclic) bond motifs is 1. The number of hydrogen-bond acceptors (Lipinski definition) is 14. The SMILES string of the molecule is C[C@@H]1O[C@@H](Oc2c(-c3ccc(O[C@H]4OC[C@H](O)[C@@H](O)[C@@H]4O)cc3)oc3cc(O)cc(O)c3c2=O)[C@H](O)[C@H](O)[C@H]1O. The van der Waals surface area contributed by atoms with Crippen LogP contribution in [0.5, 0.6) is 23.0 Å². The Morgan fingerprint density at radius 3 is 2.20 bits per heavy atom. The van der Waals surface area contributed by atoms with Crippen LogP contribution in [0.15, 0.2) is 45.6 Å². The third-order valence-corrected chi connectivity index (χ3v) is 6.78. The lowest BCUT2D eigenvalue weighted by Gasteiger charge is -2.38. The van der Waals surface area contributed by atoms with Crippen LogP contribution < -0.4 is 14.9 Å². The van der Waals surface area contributed by atoms with Crippen LogP contribution in [0.2, 0.25) is 0 Å². The van der Waals surface area contributed by atoms with Gasteiger partial charge in [-0.15, -0.1) is 0 Å². The van der Waals surface area contributed by atoms with Crippen LogP contribution in [-0.2, 0) is 9.47 Å². The zero-order valence-corrected chi connectivity index (χ0v) is 20.9. The Bertz CT molecular complexity index is 1420. The van der Waals surface area contributed by atoms with Gasteiger partial charge in [0.1, 0.15) is 64.8 Å². The van der Waals surface area contributed by atoms with Gasteiger partial charge in [0.25, 0.3) is 0 Å². The first-order chi connectivity index (χ1) is 19.0. The highest BCUT2D eigenvalue weighted by Crippen LogP contribution is 2.37.